The van der Waals surface area contributed by atoms with Gasteiger partial charge in [-0.2, -0.15) is 5.26 Å². The van der Waals surface area contributed by atoms with Gasteiger partial charge >= 0.3 is 0 Å². The molecule has 0 aromatic heterocycles. The first kappa shape index (κ1) is 10.1. The highest BCUT2D eigenvalue weighted by molar-refractivity contribution is 9.10. The molecule has 0 heterocycles. The minimum atomic E-state index is -0.197. The number of hydrogen-bond acceptors (Lipinski definition) is 1. The molecule has 0 aliphatic heterocycles. The van der Waals surface area contributed by atoms with Gasteiger partial charge in [-0.15, -0.1) is 0 Å². The molecule has 0 N–H and O–H groups in total. The molecule has 0 saturated heterocycles. The lowest BCUT2D eigenvalue weighted by atomic mass is 9.97. The average molecular weight is 230 g/mol. The van der Waals surface area contributed by atoms with Crippen LogP contribution in [0.5, 0.6) is 0 Å². The topological polar surface area (TPSA) is 23.8 Å². The van der Waals surface area contributed by atoms with Gasteiger partial charge < -0.3 is 0 Å². The SMILES string of the molecule is CCC1CCCC(Br)(C#N)CC1. The van der Waals surface area contributed by atoms with Gasteiger partial charge in [0.25, 0.3) is 0 Å². The van der Waals surface area contributed by atoms with Crippen molar-refractivity contribution in [2.45, 2.75) is 49.8 Å². The fraction of sp³-hybridized carbons (Fsp3) is 0.900. The number of nitriles is 1. The molecule has 2 atom stereocenters. The van der Waals surface area contributed by atoms with E-state index in [0.717, 1.165) is 18.8 Å². The molecule has 0 aromatic carbocycles. The van der Waals surface area contributed by atoms with E-state index in [2.05, 4.69) is 28.9 Å². The van der Waals surface area contributed by atoms with Crippen LogP contribution in [-0.2, 0) is 0 Å². The number of halogens is 1. The van der Waals surface area contributed by atoms with Crippen molar-refractivity contribution in [1.82, 2.24) is 0 Å². The maximum Gasteiger partial charge on any atom is 0.112 e. The van der Waals surface area contributed by atoms with Gasteiger partial charge in [0.2, 0.25) is 0 Å². The van der Waals surface area contributed by atoms with E-state index in [1.165, 1.54) is 25.7 Å². The molecule has 0 aromatic rings. The first-order valence-corrected chi connectivity index (χ1v) is 5.59. The summed E-state index contributed by atoms with van der Waals surface area (Å²) in [5.74, 6) is 0.859. The molecule has 2 heteroatoms. The van der Waals surface area contributed by atoms with Gasteiger partial charge in [0.1, 0.15) is 4.32 Å². The summed E-state index contributed by atoms with van der Waals surface area (Å²) in [5.41, 5.74) is 0. The Morgan fingerprint density at radius 1 is 1.50 bits per heavy atom. The number of hydrogen-bond donors (Lipinski definition) is 0. The summed E-state index contributed by atoms with van der Waals surface area (Å²) in [6.07, 6.45) is 7.06. The van der Waals surface area contributed by atoms with Gasteiger partial charge in [-0.3, -0.25) is 0 Å². The molecule has 0 bridgehead atoms. The Labute approximate surface area is 83.3 Å². The Hall–Kier alpha value is -0.0300. The predicted octanol–water partition coefficient (Wildman–Crippen LogP) is 3.63. The van der Waals surface area contributed by atoms with Crippen molar-refractivity contribution in [3.63, 3.8) is 0 Å². The third-order valence-corrected chi connectivity index (χ3v) is 3.88. The average Bonchev–Trinajstić information content (AvgIpc) is 2.28. The minimum absolute atomic E-state index is 0.197. The van der Waals surface area contributed by atoms with Crippen LogP contribution < -0.4 is 0 Å². The number of nitrogens with zero attached hydrogens (tertiary/aromatic N) is 1. The molecule has 1 rings (SSSR count). The van der Waals surface area contributed by atoms with Gasteiger partial charge in [0.05, 0.1) is 6.07 Å². The van der Waals surface area contributed by atoms with E-state index in [-0.39, 0.29) is 4.32 Å². The van der Waals surface area contributed by atoms with E-state index >= 15 is 0 Å². The Balaban J connectivity index is 2.51. The summed E-state index contributed by atoms with van der Waals surface area (Å²) >= 11 is 3.54. The Bertz CT molecular complexity index is 185. The second-order valence-electron chi connectivity index (χ2n) is 3.78. The Morgan fingerprint density at radius 3 is 2.83 bits per heavy atom. The first-order valence-electron chi connectivity index (χ1n) is 4.80. The van der Waals surface area contributed by atoms with Crippen LogP contribution in [0.25, 0.3) is 0 Å². The largest absolute Gasteiger partial charge is 0.197 e. The molecule has 1 fully saturated rings. The zero-order valence-corrected chi connectivity index (χ0v) is 9.23. The van der Waals surface area contributed by atoms with Crippen LogP contribution in [0.15, 0.2) is 0 Å². The second kappa shape index (κ2) is 4.28. The number of rotatable bonds is 1. The summed E-state index contributed by atoms with van der Waals surface area (Å²) in [4.78, 5) is 0. The van der Waals surface area contributed by atoms with Gasteiger partial charge in [-0.1, -0.05) is 42.1 Å². The lowest BCUT2D eigenvalue weighted by Crippen LogP contribution is -2.16. The molecule has 1 saturated carbocycles. The van der Waals surface area contributed by atoms with E-state index in [1.54, 1.807) is 0 Å². The fourth-order valence-electron chi connectivity index (χ4n) is 1.89. The van der Waals surface area contributed by atoms with Crippen molar-refractivity contribution in [2.24, 2.45) is 5.92 Å². The lowest BCUT2D eigenvalue weighted by Gasteiger charge is -2.15. The summed E-state index contributed by atoms with van der Waals surface area (Å²) in [6, 6.07) is 2.38. The van der Waals surface area contributed by atoms with E-state index in [1.807, 2.05) is 0 Å². The van der Waals surface area contributed by atoms with Crippen molar-refractivity contribution >= 4 is 15.9 Å². The maximum absolute atomic E-state index is 8.94. The quantitative estimate of drug-likeness (QED) is 0.498. The van der Waals surface area contributed by atoms with Gasteiger partial charge in [0, 0.05) is 0 Å². The van der Waals surface area contributed by atoms with E-state index < -0.39 is 0 Å². The maximum atomic E-state index is 8.94. The molecule has 1 aliphatic carbocycles. The standard InChI is InChI=1S/C10H16BrN/c1-2-9-4-3-6-10(11,8-12)7-5-9/h9H,2-7H2,1H3. The smallest absolute Gasteiger partial charge is 0.112 e. The normalized spacial score (nSPS) is 36.9. The highest BCUT2D eigenvalue weighted by Gasteiger charge is 2.29. The van der Waals surface area contributed by atoms with E-state index in [0.29, 0.717) is 0 Å². The number of alkyl halides is 1. The van der Waals surface area contributed by atoms with E-state index in [4.69, 9.17) is 5.26 Å². The highest BCUT2D eigenvalue weighted by atomic mass is 79.9. The van der Waals surface area contributed by atoms with Crippen molar-refractivity contribution in [3.05, 3.63) is 0 Å². The van der Waals surface area contributed by atoms with Crippen molar-refractivity contribution in [1.29, 1.82) is 5.26 Å². The first-order chi connectivity index (χ1) is 5.70. The summed E-state index contributed by atoms with van der Waals surface area (Å²) in [6.45, 7) is 2.25. The zero-order chi connectivity index (χ0) is 9.03. The Kier molecular flexibility index (Phi) is 3.58. The van der Waals surface area contributed by atoms with Crippen molar-refractivity contribution < 1.29 is 0 Å². The monoisotopic (exact) mass is 229 g/mol. The molecule has 0 amide bonds. The summed E-state index contributed by atoms with van der Waals surface area (Å²) in [7, 11) is 0. The van der Waals surface area contributed by atoms with Crippen molar-refractivity contribution in [3.8, 4) is 6.07 Å². The molecule has 0 spiro atoms. The van der Waals surface area contributed by atoms with Crippen LogP contribution in [0.1, 0.15) is 45.4 Å². The van der Waals surface area contributed by atoms with Gasteiger partial charge in [0.15, 0.2) is 0 Å². The molecule has 1 aliphatic rings. The second-order valence-corrected chi connectivity index (χ2v) is 5.30. The van der Waals surface area contributed by atoms with Crippen LogP contribution in [0.4, 0.5) is 0 Å². The predicted molar refractivity (Wildman–Crippen MR) is 54.1 cm³/mol. The van der Waals surface area contributed by atoms with Crippen LogP contribution in [0.3, 0.4) is 0 Å². The van der Waals surface area contributed by atoms with Gasteiger partial charge in [-0.05, 0) is 25.2 Å². The minimum Gasteiger partial charge on any atom is -0.197 e. The third kappa shape index (κ3) is 2.48. The molecular formula is C10H16BrN. The van der Waals surface area contributed by atoms with Crippen LogP contribution in [-0.4, -0.2) is 4.32 Å². The molecule has 68 valence electrons. The van der Waals surface area contributed by atoms with Crippen LogP contribution in [0.2, 0.25) is 0 Å². The van der Waals surface area contributed by atoms with Crippen LogP contribution >= 0.6 is 15.9 Å². The Morgan fingerprint density at radius 2 is 2.25 bits per heavy atom. The molecule has 2 unspecified atom stereocenters. The summed E-state index contributed by atoms with van der Waals surface area (Å²) < 4.78 is -0.197. The highest BCUT2D eigenvalue weighted by Crippen LogP contribution is 2.36. The fourth-order valence-corrected chi connectivity index (χ4v) is 2.40. The third-order valence-electron chi connectivity index (χ3n) is 2.91. The molecule has 0 radical (unpaired) electrons. The molecule has 1 nitrogen and oxygen atoms in total. The lowest BCUT2D eigenvalue weighted by molar-refractivity contribution is 0.445. The molecular weight excluding hydrogens is 214 g/mol. The van der Waals surface area contributed by atoms with E-state index in [9.17, 15) is 0 Å². The zero-order valence-electron chi connectivity index (χ0n) is 7.65. The van der Waals surface area contributed by atoms with Gasteiger partial charge in [-0.25, -0.2) is 0 Å². The molecule has 12 heavy (non-hydrogen) atoms. The van der Waals surface area contributed by atoms with Crippen molar-refractivity contribution in [2.75, 3.05) is 0 Å². The van der Waals surface area contributed by atoms with Crippen LogP contribution in [0, 0.1) is 17.2 Å². The summed E-state index contributed by atoms with van der Waals surface area (Å²) in [5, 5.41) is 8.94.